The van der Waals surface area contributed by atoms with Crippen molar-refractivity contribution in [3.8, 4) is 6.07 Å². The molecular formula is C21H22BrF4N3O2. The van der Waals surface area contributed by atoms with E-state index in [4.69, 9.17) is 0 Å². The predicted octanol–water partition coefficient (Wildman–Crippen LogP) is 5.28. The number of allylic oxidation sites excluding steroid dienone is 4. The van der Waals surface area contributed by atoms with E-state index in [-0.39, 0.29) is 30.1 Å². The molecule has 0 bridgehead atoms. The highest BCUT2D eigenvalue weighted by Crippen LogP contribution is 2.43. The van der Waals surface area contributed by atoms with E-state index >= 15 is 0 Å². The fourth-order valence-electron chi connectivity index (χ4n) is 4.32. The van der Waals surface area contributed by atoms with E-state index in [0.717, 1.165) is 23.8 Å². The lowest BCUT2D eigenvalue weighted by Crippen LogP contribution is -2.46. The molecule has 10 heteroatoms. The number of nitrogens with zero attached hydrogens (tertiary/aromatic N) is 3. The normalized spacial score (nSPS) is 19.0. The maximum absolute atomic E-state index is 14.0. The van der Waals surface area contributed by atoms with Gasteiger partial charge in [0.15, 0.2) is 12.5 Å². The number of carbonyl (C=O) groups is 1. The van der Waals surface area contributed by atoms with Gasteiger partial charge < -0.3 is 9.67 Å². The van der Waals surface area contributed by atoms with E-state index < -0.39 is 35.1 Å². The van der Waals surface area contributed by atoms with Gasteiger partial charge in [0, 0.05) is 12.5 Å². The van der Waals surface area contributed by atoms with Crippen molar-refractivity contribution in [2.24, 2.45) is 0 Å². The van der Waals surface area contributed by atoms with Crippen molar-refractivity contribution < 1.29 is 27.5 Å². The number of aldehydes is 1. The summed E-state index contributed by atoms with van der Waals surface area (Å²) in [7, 11) is 0. The zero-order valence-corrected chi connectivity index (χ0v) is 18.2. The number of alkyl halides is 3. The van der Waals surface area contributed by atoms with Gasteiger partial charge in [0.05, 0.1) is 22.4 Å². The molecule has 1 unspecified atom stereocenters. The number of nitriles is 1. The van der Waals surface area contributed by atoms with E-state index in [0.29, 0.717) is 24.7 Å². The monoisotopic (exact) mass is 503 g/mol. The first-order valence-electron chi connectivity index (χ1n) is 10.0. The van der Waals surface area contributed by atoms with Crippen molar-refractivity contribution in [1.82, 2.24) is 9.47 Å². The van der Waals surface area contributed by atoms with E-state index in [1.54, 1.807) is 0 Å². The molecule has 3 rings (SSSR count). The highest BCUT2D eigenvalue weighted by atomic mass is 79.9. The van der Waals surface area contributed by atoms with Crippen LogP contribution in [0.4, 0.5) is 17.6 Å². The molecule has 5 nitrogen and oxygen atoms in total. The second-order valence-corrected chi connectivity index (χ2v) is 8.52. The Morgan fingerprint density at radius 3 is 2.48 bits per heavy atom. The molecule has 1 atom stereocenters. The zero-order chi connectivity index (χ0) is 22.8. The van der Waals surface area contributed by atoms with Crippen LogP contribution in [0.5, 0.6) is 0 Å². The molecule has 1 aromatic heterocycles. The first kappa shape index (κ1) is 23.7. The Labute approximate surface area is 185 Å². The summed E-state index contributed by atoms with van der Waals surface area (Å²) in [5.74, 6) is -0.393. The van der Waals surface area contributed by atoms with E-state index in [1.807, 2.05) is 6.07 Å². The van der Waals surface area contributed by atoms with Gasteiger partial charge >= 0.3 is 6.18 Å². The Kier molecular flexibility index (Phi) is 7.39. The summed E-state index contributed by atoms with van der Waals surface area (Å²) in [6.07, 6.45) is 0.579. The van der Waals surface area contributed by atoms with E-state index in [9.17, 15) is 32.7 Å². The molecule has 0 saturated heterocycles. The van der Waals surface area contributed by atoms with Crippen molar-refractivity contribution in [2.45, 2.75) is 70.1 Å². The summed E-state index contributed by atoms with van der Waals surface area (Å²) in [6.45, 7) is -0.432. The quantitative estimate of drug-likeness (QED) is 0.325. The average Bonchev–Trinajstić information content (AvgIpc) is 3.03. The Bertz CT molecular complexity index is 940. The number of halogens is 5. The fraction of sp³-hybridized carbons (Fsp3) is 0.524. The van der Waals surface area contributed by atoms with Crippen LogP contribution in [0.1, 0.15) is 61.9 Å². The summed E-state index contributed by atoms with van der Waals surface area (Å²) < 4.78 is 56.2. The standard InChI is InChI=1S/C21H22BrF4N3O2/c22-18-16(10-27)19(13-6-8-14(23)9-7-13)29(20(18)21(24,25)26)12-28(17(31)11-30)15-4-2-1-3-5-15/h6,8,11,15,17,31H,1-5,7,9,12H2. The largest absolute Gasteiger partial charge is 0.432 e. The van der Waals surface area contributed by atoms with Gasteiger partial charge in [-0.3, -0.25) is 9.69 Å². The van der Waals surface area contributed by atoms with Crippen molar-refractivity contribution >= 4 is 27.8 Å². The molecule has 1 fully saturated rings. The van der Waals surface area contributed by atoms with Crippen LogP contribution in [0.2, 0.25) is 0 Å². The lowest BCUT2D eigenvalue weighted by Gasteiger charge is -2.36. The Balaban J connectivity index is 2.18. The number of hydrogen-bond donors (Lipinski definition) is 1. The van der Waals surface area contributed by atoms with Crippen molar-refractivity contribution in [3.63, 3.8) is 0 Å². The minimum absolute atomic E-state index is 0.0179. The van der Waals surface area contributed by atoms with Crippen LogP contribution < -0.4 is 0 Å². The van der Waals surface area contributed by atoms with Gasteiger partial charge in [-0.05, 0) is 46.8 Å². The second kappa shape index (κ2) is 9.67. The van der Waals surface area contributed by atoms with Gasteiger partial charge in [0.2, 0.25) is 0 Å². The van der Waals surface area contributed by atoms with Crippen LogP contribution in [-0.2, 0) is 17.6 Å². The zero-order valence-electron chi connectivity index (χ0n) is 16.6. The molecule has 2 aliphatic rings. The molecule has 31 heavy (non-hydrogen) atoms. The second-order valence-electron chi connectivity index (χ2n) is 7.73. The lowest BCUT2D eigenvalue weighted by molar-refractivity contribution is -0.148. The molecule has 1 saturated carbocycles. The molecule has 0 spiro atoms. The summed E-state index contributed by atoms with van der Waals surface area (Å²) in [5.41, 5.74) is -0.880. The third-order valence-electron chi connectivity index (χ3n) is 5.80. The van der Waals surface area contributed by atoms with Crippen molar-refractivity contribution in [2.75, 3.05) is 0 Å². The Hall–Kier alpha value is -1.96. The number of aliphatic hydroxyl groups excluding tert-OH is 1. The molecule has 0 amide bonds. The van der Waals surface area contributed by atoms with Crippen LogP contribution in [-0.4, -0.2) is 33.1 Å². The lowest BCUT2D eigenvalue weighted by atomic mass is 9.94. The van der Waals surface area contributed by atoms with Gasteiger partial charge in [-0.25, -0.2) is 4.39 Å². The number of rotatable bonds is 6. The maximum atomic E-state index is 14.0. The summed E-state index contributed by atoms with van der Waals surface area (Å²) >= 11 is 2.94. The van der Waals surface area contributed by atoms with Gasteiger partial charge in [-0.15, -0.1) is 0 Å². The smallest absolute Gasteiger partial charge is 0.371 e. The average molecular weight is 504 g/mol. The highest BCUT2D eigenvalue weighted by molar-refractivity contribution is 9.10. The summed E-state index contributed by atoms with van der Waals surface area (Å²) in [4.78, 5) is 12.7. The Morgan fingerprint density at radius 2 is 1.97 bits per heavy atom. The summed E-state index contributed by atoms with van der Waals surface area (Å²) in [5, 5.41) is 19.9. The number of aromatic nitrogens is 1. The Morgan fingerprint density at radius 1 is 1.29 bits per heavy atom. The van der Waals surface area contributed by atoms with Crippen molar-refractivity contribution in [3.05, 3.63) is 39.4 Å². The van der Waals surface area contributed by atoms with Gasteiger partial charge in [0.25, 0.3) is 0 Å². The van der Waals surface area contributed by atoms with Gasteiger partial charge in [-0.2, -0.15) is 18.4 Å². The first-order valence-corrected chi connectivity index (χ1v) is 10.8. The predicted molar refractivity (Wildman–Crippen MR) is 109 cm³/mol. The molecule has 0 aliphatic heterocycles. The SMILES string of the molecule is N#Cc1c(Br)c(C(F)(F)F)n(CN(C(O)C=O)C2CCCCC2)c1C1=CC=C(F)CC1. The topological polar surface area (TPSA) is 69.3 Å². The van der Waals surface area contributed by atoms with Crippen LogP contribution in [0.15, 0.2) is 22.5 Å². The van der Waals surface area contributed by atoms with Gasteiger partial charge in [-0.1, -0.05) is 25.3 Å². The third kappa shape index (κ3) is 4.94. The molecule has 0 radical (unpaired) electrons. The number of carbonyl (C=O) groups excluding carboxylic acids is 1. The van der Waals surface area contributed by atoms with E-state index in [2.05, 4.69) is 15.9 Å². The molecular weight excluding hydrogens is 482 g/mol. The molecule has 2 aliphatic carbocycles. The number of hydrogen-bond acceptors (Lipinski definition) is 4. The first-order chi connectivity index (χ1) is 14.7. The molecule has 0 aromatic carbocycles. The minimum Gasteiger partial charge on any atom is -0.371 e. The maximum Gasteiger partial charge on any atom is 0.432 e. The van der Waals surface area contributed by atoms with Crippen LogP contribution >= 0.6 is 15.9 Å². The third-order valence-corrected chi connectivity index (χ3v) is 6.57. The highest BCUT2D eigenvalue weighted by Gasteiger charge is 2.42. The van der Waals surface area contributed by atoms with Crippen LogP contribution in [0.3, 0.4) is 0 Å². The summed E-state index contributed by atoms with van der Waals surface area (Å²) in [6, 6.07) is 1.56. The van der Waals surface area contributed by atoms with Crippen LogP contribution in [0, 0.1) is 11.3 Å². The molecule has 1 heterocycles. The molecule has 1 N–H and O–H groups in total. The van der Waals surface area contributed by atoms with Crippen LogP contribution in [0.25, 0.3) is 5.57 Å². The minimum atomic E-state index is -4.80. The van der Waals surface area contributed by atoms with Gasteiger partial charge in [0.1, 0.15) is 17.6 Å². The molecule has 1 aromatic rings. The van der Waals surface area contributed by atoms with E-state index in [1.165, 1.54) is 17.1 Å². The van der Waals surface area contributed by atoms with Crippen molar-refractivity contribution in [1.29, 1.82) is 5.26 Å². The molecule has 168 valence electrons. The fourth-order valence-corrected chi connectivity index (χ4v) is 5.04. The number of aliphatic hydroxyl groups is 1.